The van der Waals surface area contributed by atoms with Crippen LogP contribution < -0.4 is 0 Å². The second-order valence-corrected chi connectivity index (χ2v) is 8.48. The average Bonchev–Trinajstić information content (AvgIpc) is 2.00. The van der Waals surface area contributed by atoms with Crippen LogP contribution in [-0.2, 0) is 4.74 Å². The van der Waals surface area contributed by atoms with Gasteiger partial charge in [-0.3, -0.25) is 0 Å². The summed E-state index contributed by atoms with van der Waals surface area (Å²) >= 11 is 0. The van der Waals surface area contributed by atoms with Gasteiger partial charge in [0.15, 0.2) is 0 Å². The number of halogens is 1. The fourth-order valence-corrected chi connectivity index (χ4v) is 2.26. The van der Waals surface area contributed by atoms with Gasteiger partial charge in [0, 0.05) is 6.61 Å². The molecule has 0 atom stereocenters. The Morgan fingerprint density at radius 2 is 1.93 bits per heavy atom. The van der Waals surface area contributed by atoms with Gasteiger partial charge in [-0.2, -0.15) is 0 Å². The van der Waals surface area contributed by atoms with E-state index in [0.29, 0.717) is 6.61 Å². The van der Waals surface area contributed by atoms with Crippen LogP contribution in [0.15, 0.2) is 12.2 Å². The van der Waals surface area contributed by atoms with Crippen molar-refractivity contribution < 1.29 is 8.84 Å². The Balaban J connectivity index is 3.11. The minimum absolute atomic E-state index is 0.656. The van der Waals surface area contributed by atoms with Crippen molar-refractivity contribution in [3.8, 4) is 0 Å². The maximum absolute atomic E-state index is 13.2. The normalized spacial score (nSPS) is 11.7. The van der Waals surface area contributed by atoms with Crippen LogP contribution in [0.1, 0.15) is 26.2 Å². The first-order chi connectivity index (χ1) is 6.42. The molecule has 0 aromatic heterocycles. The Bertz CT molecular complexity index is 163. The number of hydrogen-bond donors (Lipinski definition) is 0. The highest BCUT2D eigenvalue weighted by atomic mass is 28.4. The van der Waals surface area contributed by atoms with E-state index in [1.54, 1.807) is 13.1 Å². The third kappa shape index (κ3) is 11.8. The Morgan fingerprint density at radius 3 is 2.43 bits per heavy atom. The zero-order valence-electron chi connectivity index (χ0n) is 9.74. The van der Waals surface area contributed by atoms with Crippen LogP contribution in [0.2, 0.25) is 19.1 Å². The van der Waals surface area contributed by atoms with Gasteiger partial charge in [0.25, 0.3) is 0 Å². The van der Waals surface area contributed by atoms with Crippen LogP contribution in [0.25, 0.3) is 0 Å². The van der Waals surface area contributed by atoms with Gasteiger partial charge in [0.05, 0.1) is 6.61 Å². The Labute approximate surface area is 88.5 Å². The summed E-state index contributed by atoms with van der Waals surface area (Å²) in [5.74, 6) is 0. The zero-order chi connectivity index (χ0) is 11.0. The molecule has 0 aliphatic heterocycles. The summed E-state index contributed by atoms with van der Waals surface area (Å²) in [6.07, 6.45) is 3.13. The molecule has 0 aromatic carbocycles. The molecule has 0 N–H and O–H groups in total. The molecular weight excluding hydrogens is 195 g/mol. The van der Waals surface area contributed by atoms with E-state index in [-0.39, 0.29) is 0 Å². The molecule has 0 unspecified atom stereocenters. The molecule has 84 valence electrons. The van der Waals surface area contributed by atoms with Crippen molar-refractivity contribution in [1.29, 1.82) is 0 Å². The van der Waals surface area contributed by atoms with Crippen LogP contribution in [0, 0.1) is 0 Å². The van der Waals surface area contributed by atoms with E-state index >= 15 is 0 Å². The quantitative estimate of drug-likeness (QED) is 0.260. The monoisotopic (exact) mass is 218 g/mol. The van der Waals surface area contributed by atoms with Gasteiger partial charge in [-0.15, -0.1) is 0 Å². The van der Waals surface area contributed by atoms with Gasteiger partial charge in [-0.25, -0.2) is 0 Å². The third-order valence-corrected chi connectivity index (χ3v) is 3.45. The molecule has 0 fully saturated rings. The molecule has 0 spiro atoms. The van der Waals surface area contributed by atoms with E-state index in [4.69, 9.17) is 4.74 Å². The van der Waals surface area contributed by atoms with Crippen LogP contribution in [0.5, 0.6) is 0 Å². The Kier molecular flexibility index (Phi) is 7.10. The number of hydrogen-bond acceptors (Lipinski definition) is 1. The van der Waals surface area contributed by atoms with Gasteiger partial charge in [-0.1, -0.05) is 25.0 Å². The molecule has 0 aliphatic carbocycles. The van der Waals surface area contributed by atoms with Gasteiger partial charge >= 0.3 is 0 Å². The molecule has 0 amide bonds. The SMILES string of the molecule is C=C(C)COCCCCC[Si](C)(C)F. The molecule has 0 saturated heterocycles. The van der Waals surface area contributed by atoms with Crippen LogP contribution in [0.3, 0.4) is 0 Å². The minimum Gasteiger partial charge on any atom is -0.377 e. The number of rotatable bonds is 8. The Morgan fingerprint density at radius 1 is 1.29 bits per heavy atom. The van der Waals surface area contributed by atoms with E-state index in [9.17, 15) is 4.11 Å². The van der Waals surface area contributed by atoms with Gasteiger partial charge in [0.1, 0.15) is 0 Å². The second-order valence-electron chi connectivity index (χ2n) is 4.54. The van der Waals surface area contributed by atoms with Gasteiger partial charge in [-0.05, 0) is 32.5 Å². The van der Waals surface area contributed by atoms with Crippen LogP contribution in [0.4, 0.5) is 4.11 Å². The summed E-state index contributed by atoms with van der Waals surface area (Å²) in [6.45, 7) is 10.7. The largest absolute Gasteiger partial charge is 0.377 e. The molecule has 0 rings (SSSR count). The molecule has 3 heteroatoms. The highest BCUT2D eigenvalue weighted by molar-refractivity contribution is 6.70. The summed E-state index contributed by atoms with van der Waals surface area (Å²) in [7, 11) is -2.30. The van der Waals surface area contributed by atoms with Crippen molar-refractivity contribution in [2.24, 2.45) is 0 Å². The summed E-state index contributed by atoms with van der Waals surface area (Å²) in [4.78, 5) is 0. The molecule has 14 heavy (non-hydrogen) atoms. The minimum atomic E-state index is -2.30. The number of ether oxygens (including phenoxy) is 1. The first-order valence-electron chi connectivity index (χ1n) is 5.33. The predicted octanol–water partition coefficient (Wildman–Crippen LogP) is 3.92. The molecule has 0 radical (unpaired) electrons. The van der Waals surface area contributed by atoms with E-state index in [1.807, 2.05) is 6.92 Å². The van der Waals surface area contributed by atoms with Crippen molar-refractivity contribution in [3.63, 3.8) is 0 Å². The van der Waals surface area contributed by atoms with E-state index in [2.05, 4.69) is 6.58 Å². The van der Waals surface area contributed by atoms with E-state index < -0.39 is 8.41 Å². The molecule has 0 aromatic rings. The summed E-state index contributed by atoms with van der Waals surface area (Å²) in [6, 6.07) is 0.785. The van der Waals surface area contributed by atoms with Crippen molar-refractivity contribution in [2.45, 2.75) is 45.3 Å². The van der Waals surface area contributed by atoms with Crippen LogP contribution in [-0.4, -0.2) is 21.6 Å². The maximum atomic E-state index is 13.2. The highest BCUT2D eigenvalue weighted by Crippen LogP contribution is 2.15. The highest BCUT2D eigenvalue weighted by Gasteiger charge is 2.18. The average molecular weight is 218 g/mol. The molecule has 0 saturated carbocycles. The summed E-state index contributed by atoms with van der Waals surface area (Å²) in [5.41, 5.74) is 1.06. The van der Waals surface area contributed by atoms with Crippen molar-refractivity contribution in [1.82, 2.24) is 0 Å². The summed E-state index contributed by atoms with van der Waals surface area (Å²) in [5, 5.41) is 0. The van der Waals surface area contributed by atoms with Gasteiger partial charge in [0.2, 0.25) is 8.41 Å². The third-order valence-electron chi connectivity index (χ3n) is 1.91. The molecular formula is C11H23FOSi. The number of unbranched alkanes of at least 4 members (excludes halogenated alkanes) is 2. The van der Waals surface area contributed by atoms with Crippen molar-refractivity contribution in [2.75, 3.05) is 13.2 Å². The maximum Gasteiger partial charge on any atom is 0.240 e. The van der Waals surface area contributed by atoms with Crippen LogP contribution >= 0.6 is 0 Å². The molecule has 0 heterocycles. The lowest BCUT2D eigenvalue weighted by Gasteiger charge is -2.10. The molecule has 0 aliphatic rings. The lowest BCUT2D eigenvalue weighted by Crippen LogP contribution is -2.16. The lowest BCUT2D eigenvalue weighted by atomic mass is 10.3. The smallest absolute Gasteiger partial charge is 0.240 e. The van der Waals surface area contributed by atoms with Crippen molar-refractivity contribution in [3.05, 3.63) is 12.2 Å². The van der Waals surface area contributed by atoms with Crippen molar-refractivity contribution >= 4 is 8.41 Å². The lowest BCUT2D eigenvalue weighted by molar-refractivity contribution is 0.152. The first-order valence-corrected chi connectivity index (χ1v) is 8.41. The van der Waals surface area contributed by atoms with Gasteiger partial charge < -0.3 is 8.84 Å². The molecule has 1 nitrogen and oxygen atoms in total. The topological polar surface area (TPSA) is 9.23 Å². The summed E-state index contributed by atoms with van der Waals surface area (Å²) < 4.78 is 18.5. The standard InChI is InChI=1S/C11H23FOSi/c1-11(2)10-13-8-6-5-7-9-14(3,4)12/h1,5-10H2,2-4H3. The molecule has 0 bridgehead atoms. The second kappa shape index (κ2) is 7.18. The Hall–Kier alpha value is -0.153. The predicted molar refractivity (Wildman–Crippen MR) is 62.9 cm³/mol. The fraction of sp³-hybridized carbons (Fsp3) is 0.818. The first kappa shape index (κ1) is 13.8. The van der Waals surface area contributed by atoms with E-state index in [1.165, 1.54) is 0 Å². The fourth-order valence-electron chi connectivity index (χ4n) is 1.17. The zero-order valence-corrected chi connectivity index (χ0v) is 10.7. The van der Waals surface area contributed by atoms with E-state index in [0.717, 1.165) is 37.5 Å².